The van der Waals surface area contributed by atoms with Gasteiger partial charge in [-0.15, -0.1) is 0 Å². The van der Waals surface area contributed by atoms with Crippen molar-refractivity contribution >= 4 is 21.6 Å². The first-order chi connectivity index (χ1) is 10.8. The van der Waals surface area contributed by atoms with Gasteiger partial charge in [-0.05, 0) is 25.0 Å². The van der Waals surface area contributed by atoms with Gasteiger partial charge >= 0.3 is 0 Å². The maximum Gasteiger partial charge on any atom is 0.238 e. The Morgan fingerprint density at radius 3 is 2.43 bits per heavy atom. The lowest BCUT2D eigenvalue weighted by molar-refractivity contribution is -0.114. The summed E-state index contributed by atoms with van der Waals surface area (Å²) >= 11 is 0. The topological polar surface area (TPSA) is 115 Å². The monoisotopic (exact) mass is 332 g/mol. The van der Waals surface area contributed by atoms with Crippen LogP contribution in [0.25, 0.3) is 11.1 Å². The van der Waals surface area contributed by atoms with Gasteiger partial charge in [0.05, 0.1) is 4.90 Å². The largest absolute Gasteiger partial charge is 0.326 e. The van der Waals surface area contributed by atoms with Gasteiger partial charge in [-0.3, -0.25) is 4.79 Å². The highest BCUT2D eigenvalue weighted by Crippen LogP contribution is 2.38. The first-order valence-electron chi connectivity index (χ1n) is 7.11. The van der Waals surface area contributed by atoms with Gasteiger partial charge in [-0.1, -0.05) is 6.07 Å². The number of aromatic nitrogens is 2. The van der Waals surface area contributed by atoms with Crippen molar-refractivity contribution < 1.29 is 13.2 Å². The van der Waals surface area contributed by atoms with Crippen LogP contribution in [0, 0.1) is 0 Å². The van der Waals surface area contributed by atoms with E-state index in [2.05, 4.69) is 15.3 Å². The van der Waals surface area contributed by atoms with Gasteiger partial charge in [-0.2, -0.15) is 0 Å². The summed E-state index contributed by atoms with van der Waals surface area (Å²) in [7, 11) is -3.96. The van der Waals surface area contributed by atoms with Crippen molar-refractivity contribution in [1.82, 2.24) is 9.97 Å². The SMILES string of the molecule is CC(=O)Nc1ccc(-c2cnc(C3CC3)nc2)c(S(N)(=O)=O)c1. The maximum atomic E-state index is 11.9. The van der Waals surface area contributed by atoms with Crippen LogP contribution in [0.15, 0.2) is 35.5 Å². The van der Waals surface area contributed by atoms with E-state index in [4.69, 9.17) is 5.14 Å². The molecular weight excluding hydrogens is 316 g/mol. The van der Waals surface area contributed by atoms with Crippen molar-refractivity contribution in [2.45, 2.75) is 30.6 Å². The molecule has 0 unspecified atom stereocenters. The molecule has 7 nitrogen and oxygen atoms in total. The van der Waals surface area contributed by atoms with Crippen molar-refractivity contribution in [3.8, 4) is 11.1 Å². The predicted molar refractivity (Wildman–Crippen MR) is 85.1 cm³/mol. The number of hydrogen-bond acceptors (Lipinski definition) is 5. The number of amides is 1. The molecule has 1 aliphatic rings. The second kappa shape index (κ2) is 5.71. The lowest BCUT2D eigenvalue weighted by atomic mass is 10.1. The highest BCUT2D eigenvalue weighted by molar-refractivity contribution is 7.89. The van der Waals surface area contributed by atoms with Crippen molar-refractivity contribution in [1.29, 1.82) is 0 Å². The summed E-state index contributed by atoms with van der Waals surface area (Å²) in [5.41, 5.74) is 1.33. The number of carbonyl (C=O) groups is 1. The van der Waals surface area contributed by atoms with Gasteiger partial charge in [0, 0.05) is 42.0 Å². The first-order valence-corrected chi connectivity index (χ1v) is 8.66. The molecule has 3 rings (SSSR count). The van der Waals surface area contributed by atoms with Crippen LogP contribution in [0.1, 0.15) is 31.5 Å². The molecule has 1 heterocycles. The third kappa shape index (κ3) is 3.54. The molecule has 0 radical (unpaired) electrons. The van der Waals surface area contributed by atoms with E-state index in [1.807, 2.05) is 0 Å². The summed E-state index contributed by atoms with van der Waals surface area (Å²) < 4.78 is 23.7. The van der Waals surface area contributed by atoms with Gasteiger partial charge < -0.3 is 5.32 Å². The second-order valence-corrected chi connectivity index (χ2v) is 7.07. The molecule has 8 heteroatoms. The zero-order valence-electron chi connectivity index (χ0n) is 12.5. The summed E-state index contributed by atoms with van der Waals surface area (Å²) in [5, 5.41) is 7.84. The number of anilines is 1. The molecule has 2 aromatic rings. The van der Waals surface area contributed by atoms with E-state index in [0.717, 1.165) is 18.7 Å². The van der Waals surface area contributed by atoms with Crippen LogP contribution in [0.5, 0.6) is 0 Å². The van der Waals surface area contributed by atoms with Crippen LogP contribution >= 0.6 is 0 Å². The molecular formula is C15H16N4O3S. The average Bonchev–Trinajstić information content (AvgIpc) is 3.30. The Kier molecular flexibility index (Phi) is 3.87. The fraction of sp³-hybridized carbons (Fsp3) is 0.267. The normalized spacial score (nSPS) is 14.5. The molecule has 3 N–H and O–H groups in total. The van der Waals surface area contributed by atoms with Crippen molar-refractivity contribution in [3.05, 3.63) is 36.4 Å². The number of carbonyl (C=O) groups excluding carboxylic acids is 1. The fourth-order valence-corrected chi connectivity index (χ4v) is 3.09. The van der Waals surface area contributed by atoms with E-state index >= 15 is 0 Å². The van der Waals surface area contributed by atoms with Crippen molar-refractivity contribution in [2.75, 3.05) is 5.32 Å². The van der Waals surface area contributed by atoms with Crippen LogP contribution in [-0.2, 0) is 14.8 Å². The molecule has 1 aromatic heterocycles. The lowest BCUT2D eigenvalue weighted by Crippen LogP contribution is -2.15. The Balaban J connectivity index is 2.04. The molecule has 23 heavy (non-hydrogen) atoms. The van der Waals surface area contributed by atoms with Gasteiger partial charge in [0.25, 0.3) is 0 Å². The van der Waals surface area contributed by atoms with Gasteiger partial charge in [-0.25, -0.2) is 23.5 Å². The lowest BCUT2D eigenvalue weighted by Gasteiger charge is -2.11. The zero-order chi connectivity index (χ0) is 16.6. The molecule has 0 saturated heterocycles. The van der Waals surface area contributed by atoms with Crippen LogP contribution < -0.4 is 10.5 Å². The van der Waals surface area contributed by atoms with E-state index in [1.165, 1.54) is 13.0 Å². The number of rotatable bonds is 4. The van der Waals surface area contributed by atoms with Crippen LogP contribution in [-0.4, -0.2) is 24.3 Å². The minimum atomic E-state index is -3.96. The highest BCUT2D eigenvalue weighted by atomic mass is 32.2. The minimum absolute atomic E-state index is 0.0773. The number of benzene rings is 1. The molecule has 1 aliphatic carbocycles. The molecule has 1 amide bonds. The Hall–Kier alpha value is -2.32. The molecule has 120 valence electrons. The summed E-state index contributed by atoms with van der Waals surface area (Å²) in [4.78, 5) is 19.6. The van der Waals surface area contributed by atoms with Crippen molar-refractivity contribution in [3.63, 3.8) is 0 Å². The van der Waals surface area contributed by atoms with Crippen LogP contribution in [0.2, 0.25) is 0 Å². The predicted octanol–water partition coefficient (Wildman–Crippen LogP) is 1.63. The van der Waals surface area contributed by atoms with Gasteiger partial charge in [0.15, 0.2) is 0 Å². The van der Waals surface area contributed by atoms with E-state index in [0.29, 0.717) is 22.7 Å². The number of nitrogens with zero attached hydrogens (tertiary/aromatic N) is 2. The average molecular weight is 332 g/mol. The Bertz CT molecular complexity index is 859. The van der Waals surface area contributed by atoms with Crippen LogP contribution in [0.4, 0.5) is 5.69 Å². The summed E-state index contributed by atoms with van der Waals surface area (Å²) in [5.74, 6) is 0.903. The van der Waals surface area contributed by atoms with E-state index in [-0.39, 0.29) is 10.8 Å². The quantitative estimate of drug-likeness (QED) is 0.883. The Morgan fingerprint density at radius 1 is 1.26 bits per heavy atom. The summed E-state index contributed by atoms with van der Waals surface area (Å²) in [6.45, 7) is 1.34. The molecule has 0 atom stereocenters. The van der Waals surface area contributed by atoms with Crippen LogP contribution in [0.3, 0.4) is 0 Å². The number of nitrogens with two attached hydrogens (primary N) is 1. The second-order valence-electron chi connectivity index (χ2n) is 5.54. The smallest absolute Gasteiger partial charge is 0.238 e. The van der Waals surface area contributed by atoms with E-state index in [9.17, 15) is 13.2 Å². The highest BCUT2D eigenvalue weighted by Gasteiger charge is 2.26. The number of nitrogens with one attached hydrogen (secondary N) is 1. The molecule has 0 aliphatic heterocycles. The third-order valence-electron chi connectivity index (χ3n) is 3.53. The van der Waals surface area contributed by atoms with Crippen molar-refractivity contribution in [2.24, 2.45) is 5.14 Å². The minimum Gasteiger partial charge on any atom is -0.326 e. The number of primary sulfonamides is 1. The molecule has 1 aromatic carbocycles. The molecule has 1 saturated carbocycles. The fourth-order valence-electron chi connectivity index (χ4n) is 2.31. The van der Waals surface area contributed by atoms with Gasteiger partial charge in [0.1, 0.15) is 5.82 Å². The Labute approximate surface area is 134 Å². The number of sulfonamides is 1. The Morgan fingerprint density at radius 2 is 1.91 bits per heavy atom. The standard InChI is InChI=1S/C15H16N4O3S/c1-9(20)19-12-4-5-13(14(6-12)23(16,21)22)11-7-17-15(18-8-11)10-2-3-10/h4-8,10H,2-3H2,1H3,(H,19,20)(H2,16,21,22). The maximum absolute atomic E-state index is 11.9. The first kappa shape index (κ1) is 15.6. The summed E-state index contributed by atoms with van der Waals surface area (Å²) in [6.07, 6.45) is 5.38. The number of hydrogen-bond donors (Lipinski definition) is 2. The molecule has 0 spiro atoms. The molecule has 1 fully saturated rings. The van der Waals surface area contributed by atoms with E-state index in [1.54, 1.807) is 24.5 Å². The third-order valence-corrected chi connectivity index (χ3v) is 4.48. The zero-order valence-corrected chi connectivity index (χ0v) is 13.3. The van der Waals surface area contributed by atoms with Gasteiger partial charge in [0.2, 0.25) is 15.9 Å². The van der Waals surface area contributed by atoms with E-state index < -0.39 is 10.0 Å². The summed E-state index contributed by atoms with van der Waals surface area (Å²) in [6, 6.07) is 4.53. The molecule has 0 bridgehead atoms.